The summed E-state index contributed by atoms with van der Waals surface area (Å²) in [6.07, 6.45) is 8.47. The number of nitrogens with zero attached hydrogens (tertiary/aromatic N) is 3. The SMILES string of the molecule is CCC1CCC(Cn2cnnc2Cl)CC1. The van der Waals surface area contributed by atoms with Gasteiger partial charge >= 0.3 is 0 Å². The molecular weight excluding hydrogens is 210 g/mol. The zero-order valence-corrected chi connectivity index (χ0v) is 9.95. The molecule has 4 heteroatoms. The standard InChI is InChI=1S/C11H18ClN3/c1-2-9-3-5-10(6-4-9)7-15-8-13-14-11(15)12/h8-10H,2-7H2,1H3. The van der Waals surface area contributed by atoms with Gasteiger partial charge in [-0.3, -0.25) is 0 Å². The van der Waals surface area contributed by atoms with E-state index in [9.17, 15) is 0 Å². The zero-order valence-electron chi connectivity index (χ0n) is 9.19. The molecule has 0 atom stereocenters. The molecule has 0 bridgehead atoms. The molecule has 0 unspecified atom stereocenters. The van der Waals surface area contributed by atoms with E-state index in [1.54, 1.807) is 6.33 Å². The average Bonchev–Trinajstić information content (AvgIpc) is 2.66. The van der Waals surface area contributed by atoms with E-state index in [0.29, 0.717) is 5.28 Å². The first-order valence-electron chi connectivity index (χ1n) is 5.83. The van der Waals surface area contributed by atoms with Gasteiger partial charge in [-0.1, -0.05) is 26.2 Å². The van der Waals surface area contributed by atoms with E-state index in [-0.39, 0.29) is 0 Å². The quantitative estimate of drug-likeness (QED) is 0.794. The summed E-state index contributed by atoms with van der Waals surface area (Å²) in [6.45, 7) is 3.28. The molecule has 0 saturated heterocycles. The summed E-state index contributed by atoms with van der Waals surface area (Å²) in [6, 6.07) is 0. The van der Waals surface area contributed by atoms with Crippen molar-refractivity contribution in [3.63, 3.8) is 0 Å². The van der Waals surface area contributed by atoms with Crippen molar-refractivity contribution in [2.45, 2.75) is 45.6 Å². The Kier molecular flexibility index (Phi) is 3.62. The van der Waals surface area contributed by atoms with Gasteiger partial charge < -0.3 is 4.57 Å². The predicted molar refractivity (Wildman–Crippen MR) is 60.8 cm³/mol. The minimum absolute atomic E-state index is 0.521. The second kappa shape index (κ2) is 4.97. The molecule has 1 heterocycles. The number of rotatable bonds is 3. The summed E-state index contributed by atoms with van der Waals surface area (Å²) in [4.78, 5) is 0. The van der Waals surface area contributed by atoms with Crippen LogP contribution in [0.3, 0.4) is 0 Å². The lowest BCUT2D eigenvalue weighted by Crippen LogP contribution is -2.18. The third-order valence-electron chi connectivity index (χ3n) is 3.57. The molecule has 0 spiro atoms. The van der Waals surface area contributed by atoms with E-state index in [1.165, 1.54) is 32.1 Å². The molecule has 0 aromatic carbocycles. The molecule has 1 aromatic rings. The third-order valence-corrected chi connectivity index (χ3v) is 3.86. The maximum Gasteiger partial charge on any atom is 0.224 e. The van der Waals surface area contributed by atoms with Gasteiger partial charge in [-0.15, -0.1) is 10.2 Å². The van der Waals surface area contributed by atoms with Gasteiger partial charge in [0.1, 0.15) is 6.33 Å². The van der Waals surface area contributed by atoms with Crippen molar-refractivity contribution in [3.05, 3.63) is 11.6 Å². The third kappa shape index (κ3) is 2.71. The van der Waals surface area contributed by atoms with E-state index >= 15 is 0 Å². The molecule has 0 amide bonds. The van der Waals surface area contributed by atoms with Crippen LogP contribution in [0.15, 0.2) is 6.33 Å². The Morgan fingerprint density at radius 1 is 1.33 bits per heavy atom. The number of aromatic nitrogens is 3. The van der Waals surface area contributed by atoms with Crippen molar-refractivity contribution in [3.8, 4) is 0 Å². The molecular formula is C11H18ClN3. The Morgan fingerprint density at radius 2 is 2.00 bits per heavy atom. The Morgan fingerprint density at radius 3 is 2.53 bits per heavy atom. The van der Waals surface area contributed by atoms with Crippen molar-refractivity contribution in [2.75, 3.05) is 0 Å². The van der Waals surface area contributed by atoms with Crippen LogP contribution in [0.2, 0.25) is 5.28 Å². The molecule has 1 aromatic heterocycles. The topological polar surface area (TPSA) is 30.7 Å². The first-order chi connectivity index (χ1) is 7.29. The second-order valence-corrected chi connectivity index (χ2v) is 4.89. The molecule has 1 saturated carbocycles. The van der Waals surface area contributed by atoms with Crippen LogP contribution in [0.1, 0.15) is 39.0 Å². The van der Waals surface area contributed by atoms with Gasteiger partial charge in [0.2, 0.25) is 5.28 Å². The number of hydrogen-bond donors (Lipinski definition) is 0. The largest absolute Gasteiger partial charge is 0.304 e. The van der Waals surface area contributed by atoms with E-state index < -0.39 is 0 Å². The highest BCUT2D eigenvalue weighted by atomic mass is 35.5. The van der Waals surface area contributed by atoms with E-state index in [1.807, 2.05) is 4.57 Å². The fourth-order valence-corrected chi connectivity index (χ4v) is 2.62. The Labute approximate surface area is 95.8 Å². The molecule has 1 aliphatic rings. The molecule has 1 aliphatic carbocycles. The Hall–Kier alpha value is -0.570. The molecule has 0 aliphatic heterocycles. The number of halogens is 1. The minimum Gasteiger partial charge on any atom is -0.304 e. The summed E-state index contributed by atoms with van der Waals surface area (Å²) in [7, 11) is 0. The zero-order chi connectivity index (χ0) is 10.7. The van der Waals surface area contributed by atoms with Gasteiger partial charge in [-0.25, -0.2) is 0 Å². The summed E-state index contributed by atoms with van der Waals surface area (Å²) in [5.74, 6) is 1.72. The predicted octanol–water partition coefficient (Wildman–Crippen LogP) is 3.15. The lowest BCUT2D eigenvalue weighted by atomic mass is 9.81. The van der Waals surface area contributed by atoms with Gasteiger partial charge in [-0.05, 0) is 36.3 Å². The molecule has 2 rings (SSSR count). The van der Waals surface area contributed by atoms with Gasteiger partial charge in [0.15, 0.2) is 0 Å². The highest BCUT2D eigenvalue weighted by molar-refractivity contribution is 6.28. The maximum absolute atomic E-state index is 5.90. The van der Waals surface area contributed by atoms with Gasteiger partial charge in [-0.2, -0.15) is 0 Å². The summed E-state index contributed by atoms with van der Waals surface area (Å²) in [5.41, 5.74) is 0. The van der Waals surface area contributed by atoms with Crippen molar-refractivity contribution in [1.82, 2.24) is 14.8 Å². The van der Waals surface area contributed by atoms with E-state index in [4.69, 9.17) is 11.6 Å². The first kappa shape index (κ1) is 10.9. The van der Waals surface area contributed by atoms with Crippen LogP contribution >= 0.6 is 11.6 Å². The van der Waals surface area contributed by atoms with Gasteiger partial charge in [0.05, 0.1) is 0 Å². The van der Waals surface area contributed by atoms with Crippen molar-refractivity contribution >= 4 is 11.6 Å². The molecule has 1 fully saturated rings. The summed E-state index contributed by atoms with van der Waals surface area (Å²) in [5, 5.41) is 8.11. The first-order valence-corrected chi connectivity index (χ1v) is 6.20. The maximum atomic E-state index is 5.90. The van der Waals surface area contributed by atoms with Crippen molar-refractivity contribution < 1.29 is 0 Å². The van der Waals surface area contributed by atoms with Gasteiger partial charge in [0.25, 0.3) is 0 Å². The molecule has 3 nitrogen and oxygen atoms in total. The molecule has 0 N–H and O–H groups in total. The molecule has 84 valence electrons. The normalized spacial score (nSPS) is 26.8. The summed E-state index contributed by atoms with van der Waals surface area (Å²) >= 11 is 5.90. The van der Waals surface area contributed by atoms with Crippen LogP contribution in [0.4, 0.5) is 0 Å². The van der Waals surface area contributed by atoms with Crippen LogP contribution in [-0.4, -0.2) is 14.8 Å². The smallest absolute Gasteiger partial charge is 0.224 e. The highest BCUT2D eigenvalue weighted by Gasteiger charge is 2.20. The lowest BCUT2D eigenvalue weighted by molar-refractivity contribution is 0.247. The van der Waals surface area contributed by atoms with Crippen LogP contribution in [-0.2, 0) is 6.54 Å². The molecule has 15 heavy (non-hydrogen) atoms. The van der Waals surface area contributed by atoms with Crippen LogP contribution in [0, 0.1) is 11.8 Å². The minimum atomic E-state index is 0.521. The monoisotopic (exact) mass is 227 g/mol. The van der Waals surface area contributed by atoms with Crippen LogP contribution < -0.4 is 0 Å². The second-order valence-electron chi connectivity index (χ2n) is 4.55. The Bertz CT molecular complexity index is 303. The van der Waals surface area contributed by atoms with Gasteiger partial charge in [0, 0.05) is 6.54 Å². The summed E-state index contributed by atoms with van der Waals surface area (Å²) < 4.78 is 1.96. The fourth-order valence-electron chi connectivity index (χ4n) is 2.46. The molecule has 0 radical (unpaired) electrons. The lowest BCUT2D eigenvalue weighted by Gasteiger charge is -2.27. The van der Waals surface area contributed by atoms with Crippen molar-refractivity contribution in [2.24, 2.45) is 11.8 Å². The van der Waals surface area contributed by atoms with Crippen molar-refractivity contribution in [1.29, 1.82) is 0 Å². The Balaban J connectivity index is 1.85. The highest BCUT2D eigenvalue weighted by Crippen LogP contribution is 2.31. The van der Waals surface area contributed by atoms with Crippen LogP contribution in [0.5, 0.6) is 0 Å². The van der Waals surface area contributed by atoms with E-state index in [2.05, 4.69) is 17.1 Å². The average molecular weight is 228 g/mol. The fraction of sp³-hybridized carbons (Fsp3) is 0.818. The van der Waals surface area contributed by atoms with E-state index in [0.717, 1.165) is 18.4 Å². The number of hydrogen-bond acceptors (Lipinski definition) is 2. The van der Waals surface area contributed by atoms with Crippen LogP contribution in [0.25, 0.3) is 0 Å².